The monoisotopic (exact) mass is 409 g/mol. The molecule has 0 saturated carbocycles. The molecule has 0 unspecified atom stereocenters. The summed E-state index contributed by atoms with van der Waals surface area (Å²) in [4.78, 5) is 20.3. The lowest BCUT2D eigenvalue weighted by molar-refractivity contribution is -0.0980. The fourth-order valence-electron chi connectivity index (χ4n) is 2.88. The highest BCUT2D eigenvalue weighted by Gasteiger charge is 2.09. The Morgan fingerprint density at radius 2 is 1.48 bits per heavy atom. The Morgan fingerprint density at radius 1 is 0.931 bits per heavy atom. The molecule has 1 rings (SSSR count). The number of Topliss-reactive ketones (excluding diaryl/α,β-unsaturated/α-hetero) is 1. The lowest BCUT2D eigenvalue weighted by Gasteiger charge is -2.09. The highest BCUT2D eigenvalue weighted by atomic mass is 16.2. The van der Waals surface area contributed by atoms with Crippen LogP contribution in [0.4, 0.5) is 0 Å². The topological polar surface area (TPSA) is 66.4 Å². The second-order valence-corrected chi connectivity index (χ2v) is 6.62. The molecule has 0 spiro atoms. The van der Waals surface area contributed by atoms with Crippen LogP contribution in [0.3, 0.4) is 0 Å². The van der Waals surface area contributed by atoms with E-state index in [1.54, 1.807) is 0 Å². The molecule has 1 aromatic rings. The molecule has 0 amide bonds. The molecular weight excluding hydrogens is 362 g/mol. The zero-order valence-corrected chi connectivity index (χ0v) is 20.0. The summed E-state index contributed by atoms with van der Waals surface area (Å²) >= 11 is 0. The Kier molecular flexibility index (Phi) is 29.4. The first kappa shape index (κ1) is 32.2. The molecule has 0 radical (unpaired) electrons. The van der Waals surface area contributed by atoms with Gasteiger partial charge in [0.2, 0.25) is 0 Å². The van der Waals surface area contributed by atoms with E-state index in [2.05, 4.69) is 38.2 Å². The van der Waals surface area contributed by atoms with Crippen LogP contribution in [0.15, 0.2) is 18.2 Å². The summed E-state index contributed by atoms with van der Waals surface area (Å²) in [5, 5.41) is 10.5. The lowest BCUT2D eigenvalue weighted by Crippen LogP contribution is -2.14. The molecule has 0 aliphatic heterocycles. The van der Waals surface area contributed by atoms with Gasteiger partial charge in [-0.15, -0.1) is 0 Å². The first-order chi connectivity index (χ1) is 14.2. The van der Waals surface area contributed by atoms with Crippen LogP contribution in [0.5, 0.6) is 0 Å². The lowest BCUT2D eigenvalue weighted by atomic mass is 9.98. The van der Waals surface area contributed by atoms with Crippen LogP contribution >= 0.6 is 0 Å². The minimum absolute atomic E-state index is 0.309. The second kappa shape index (κ2) is 26.5. The van der Waals surface area contributed by atoms with E-state index in [1.807, 2.05) is 26.7 Å². The Balaban J connectivity index is -0.00000103. The number of carbonyl (C=O) groups excluding carboxylic acids is 2. The van der Waals surface area contributed by atoms with Gasteiger partial charge in [0.25, 0.3) is 0 Å². The summed E-state index contributed by atoms with van der Waals surface area (Å²) in [7, 11) is 1.00. The normalized spacial score (nSPS) is 9.21. The van der Waals surface area contributed by atoms with Gasteiger partial charge in [0.15, 0.2) is 5.78 Å². The van der Waals surface area contributed by atoms with Gasteiger partial charge in [-0.2, -0.15) is 0 Å². The number of carbonyl (C=O) groups is 2. The Labute approximate surface area is 180 Å². The van der Waals surface area contributed by atoms with Gasteiger partial charge in [-0.1, -0.05) is 84.4 Å². The fraction of sp³-hybridized carbons (Fsp3) is 0.680. The number of unbranched alkanes of at least 4 members (excludes halogenated alkanes) is 6. The molecule has 1 aromatic carbocycles. The number of rotatable bonds is 13. The van der Waals surface area contributed by atoms with Crippen molar-refractivity contribution in [2.24, 2.45) is 0 Å². The average molecular weight is 410 g/mol. The maximum atomic E-state index is 12.3. The number of aryl methyl sites for hydroxylation is 1. The maximum absolute atomic E-state index is 12.3. The number of hydrogen-bond acceptors (Lipinski definition) is 4. The summed E-state index contributed by atoms with van der Waals surface area (Å²) in [5.74, 6) is 0.309. The molecule has 29 heavy (non-hydrogen) atoms. The van der Waals surface area contributed by atoms with Gasteiger partial charge in [-0.25, -0.2) is 0 Å². The van der Waals surface area contributed by atoms with Crippen LogP contribution < -0.4 is 5.32 Å². The average Bonchev–Trinajstić information content (AvgIpc) is 2.78. The molecule has 0 atom stereocenters. The molecule has 4 nitrogen and oxygen atoms in total. The smallest absolute Gasteiger partial charge is 0.163 e. The molecular formula is C25H47NO3. The minimum Gasteiger partial charge on any atom is -0.400 e. The number of benzene rings is 1. The minimum atomic E-state index is 0.309. The zero-order valence-electron chi connectivity index (χ0n) is 20.0. The molecule has 0 aromatic heterocycles. The number of aliphatic hydroxyl groups excluding tert-OH is 1. The highest BCUT2D eigenvalue weighted by Crippen LogP contribution is 2.16. The van der Waals surface area contributed by atoms with Gasteiger partial charge < -0.3 is 15.2 Å². The number of nitrogens with one attached hydrogen (secondary N) is 1. The van der Waals surface area contributed by atoms with E-state index in [0.717, 1.165) is 37.7 Å². The molecule has 0 fully saturated rings. The van der Waals surface area contributed by atoms with Gasteiger partial charge in [-0.05, 0) is 37.4 Å². The third-order valence-corrected chi connectivity index (χ3v) is 4.38. The Morgan fingerprint density at radius 3 is 2.03 bits per heavy atom. The van der Waals surface area contributed by atoms with E-state index < -0.39 is 0 Å². The van der Waals surface area contributed by atoms with Gasteiger partial charge in [0.05, 0.1) is 0 Å². The van der Waals surface area contributed by atoms with Gasteiger partial charge in [0, 0.05) is 25.6 Å². The van der Waals surface area contributed by atoms with Crippen molar-refractivity contribution in [2.75, 3.05) is 13.7 Å². The van der Waals surface area contributed by atoms with Gasteiger partial charge in [-0.3, -0.25) is 4.79 Å². The fourth-order valence-corrected chi connectivity index (χ4v) is 2.88. The van der Waals surface area contributed by atoms with E-state index in [1.165, 1.54) is 50.5 Å². The molecule has 0 heterocycles. The molecule has 0 saturated heterocycles. The number of aliphatic hydroxyl groups is 1. The summed E-state index contributed by atoms with van der Waals surface area (Å²) in [6.45, 7) is 14.5. The molecule has 0 aliphatic rings. The van der Waals surface area contributed by atoms with Crippen LogP contribution in [0.2, 0.25) is 0 Å². The van der Waals surface area contributed by atoms with E-state index in [4.69, 9.17) is 9.90 Å². The van der Waals surface area contributed by atoms with Crippen molar-refractivity contribution in [1.82, 2.24) is 5.32 Å². The number of hydrogen-bond donors (Lipinski definition) is 2. The van der Waals surface area contributed by atoms with Crippen molar-refractivity contribution < 1.29 is 14.7 Å². The molecule has 170 valence electrons. The third kappa shape index (κ3) is 18.3. The van der Waals surface area contributed by atoms with Crippen molar-refractivity contribution >= 4 is 12.6 Å². The molecule has 4 heteroatoms. The Hall–Kier alpha value is -1.52. The van der Waals surface area contributed by atoms with Crippen LogP contribution in [-0.2, 0) is 11.3 Å². The summed E-state index contributed by atoms with van der Waals surface area (Å²) < 4.78 is 0. The SMILES string of the molecule is C=O.CC.CCCCCCCCC(=O)c1ccc(CNCCCC)cc1C.CO. The van der Waals surface area contributed by atoms with Crippen molar-refractivity contribution in [1.29, 1.82) is 0 Å². The summed E-state index contributed by atoms with van der Waals surface area (Å²) in [5.41, 5.74) is 3.31. The first-order valence-electron chi connectivity index (χ1n) is 11.3. The van der Waals surface area contributed by atoms with E-state index >= 15 is 0 Å². The standard InChI is InChI=1S/C21H35NO.C2H6.CH4O.CH2O/c1-4-6-8-9-10-11-12-21(23)20-14-13-19(16-18(20)3)17-22-15-7-5-2;3*1-2/h13-14,16,22H,4-12,15,17H2,1-3H3;1-2H3;2H,1H3;1H2. The summed E-state index contributed by atoms with van der Waals surface area (Å²) in [6.07, 6.45) is 10.5. The molecule has 0 bridgehead atoms. The maximum Gasteiger partial charge on any atom is 0.163 e. The van der Waals surface area contributed by atoms with Crippen molar-refractivity contribution in [3.05, 3.63) is 34.9 Å². The van der Waals surface area contributed by atoms with Crippen molar-refractivity contribution in [2.45, 2.75) is 99.0 Å². The summed E-state index contributed by atoms with van der Waals surface area (Å²) in [6, 6.07) is 6.28. The third-order valence-electron chi connectivity index (χ3n) is 4.38. The Bertz CT molecular complexity index is 475. The predicted molar refractivity (Wildman–Crippen MR) is 127 cm³/mol. The quantitative estimate of drug-likeness (QED) is 0.298. The van der Waals surface area contributed by atoms with Crippen LogP contribution in [-0.4, -0.2) is 31.3 Å². The largest absolute Gasteiger partial charge is 0.400 e. The predicted octanol–water partition coefficient (Wildman–Crippen LogP) is 6.27. The molecule has 2 N–H and O–H groups in total. The number of ketones is 1. The first-order valence-corrected chi connectivity index (χ1v) is 11.3. The van der Waals surface area contributed by atoms with E-state index in [0.29, 0.717) is 12.2 Å². The van der Waals surface area contributed by atoms with E-state index in [-0.39, 0.29) is 0 Å². The van der Waals surface area contributed by atoms with Crippen molar-refractivity contribution in [3.8, 4) is 0 Å². The van der Waals surface area contributed by atoms with Crippen LogP contribution in [0, 0.1) is 6.92 Å². The highest BCUT2D eigenvalue weighted by molar-refractivity contribution is 5.97. The van der Waals surface area contributed by atoms with Gasteiger partial charge in [0.1, 0.15) is 6.79 Å². The second-order valence-electron chi connectivity index (χ2n) is 6.62. The van der Waals surface area contributed by atoms with Crippen molar-refractivity contribution in [3.63, 3.8) is 0 Å². The van der Waals surface area contributed by atoms with Gasteiger partial charge >= 0.3 is 0 Å². The van der Waals surface area contributed by atoms with Crippen LogP contribution in [0.1, 0.15) is 107 Å². The van der Waals surface area contributed by atoms with Crippen LogP contribution in [0.25, 0.3) is 0 Å². The zero-order chi connectivity index (χ0) is 22.9. The molecule has 0 aliphatic carbocycles. The van der Waals surface area contributed by atoms with E-state index in [9.17, 15) is 4.79 Å².